The molecule has 8 heavy (non-hydrogen) atoms. The van der Waals surface area contributed by atoms with Crippen molar-refractivity contribution in [2.24, 2.45) is 0 Å². The zero-order valence-corrected chi connectivity index (χ0v) is 7.96. The van der Waals surface area contributed by atoms with Gasteiger partial charge in [-0.05, 0) is 0 Å². The van der Waals surface area contributed by atoms with E-state index in [2.05, 4.69) is 9.47 Å². The third kappa shape index (κ3) is 9.98. The molecule has 0 radical (unpaired) electrons. The molecule has 42 valence electrons. The Balaban J connectivity index is 0. The van der Waals surface area contributed by atoms with E-state index in [-0.39, 0.29) is 58.2 Å². The predicted molar refractivity (Wildman–Crippen MR) is 18.4 cm³/mol. The minimum absolute atomic E-state index is 0. The molecule has 0 aromatic carbocycles. The number of rotatable bonds is 2. The van der Waals surface area contributed by atoms with Gasteiger partial charge in [-0.15, -0.1) is 0 Å². The van der Waals surface area contributed by atoms with E-state index >= 15 is 0 Å². The molecule has 0 saturated carbocycles. The first-order valence-electron chi connectivity index (χ1n) is 1.60. The van der Waals surface area contributed by atoms with Gasteiger partial charge in [-0.2, -0.15) is 0 Å². The molecule has 0 saturated heterocycles. The monoisotopic (exact) mass is 144 g/mol. The van der Waals surface area contributed by atoms with Crippen molar-refractivity contribution in [2.45, 2.75) is 0 Å². The summed E-state index contributed by atoms with van der Waals surface area (Å²) in [6, 6.07) is 0. The summed E-state index contributed by atoms with van der Waals surface area (Å²) in [5.41, 5.74) is 0. The molecule has 5 heteroatoms. The maximum atomic E-state index is 9.34. The minimum Gasteiger partial charge on any atom is -0.524 e. The summed E-state index contributed by atoms with van der Waals surface area (Å²) in [5.74, 6) is 0. The van der Waals surface area contributed by atoms with E-state index < -0.39 is 6.16 Å². The molecule has 0 aromatic heterocycles. The van der Waals surface area contributed by atoms with Crippen LogP contribution in [0.4, 0.5) is 4.79 Å². The van der Waals surface area contributed by atoms with E-state index in [1.165, 1.54) is 7.11 Å². The first-order chi connectivity index (χ1) is 3.27. The molecule has 0 amide bonds. The van der Waals surface area contributed by atoms with Gasteiger partial charge in [0.2, 0.25) is 0 Å². The van der Waals surface area contributed by atoms with Crippen molar-refractivity contribution in [1.29, 1.82) is 0 Å². The molecule has 0 aliphatic carbocycles. The molecule has 0 aromatic rings. The number of ether oxygens (including phenoxy) is 2. The molecule has 0 bridgehead atoms. The van der Waals surface area contributed by atoms with Crippen molar-refractivity contribution in [3.8, 4) is 0 Å². The molecular weight excluding hydrogens is 139 g/mol. The van der Waals surface area contributed by atoms with E-state index in [4.69, 9.17) is 0 Å². The van der Waals surface area contributed by atoms with Gasteiger partial charge in [-0.3, -0.25) is 0 Å². The first kappa shape index (κ1) is 11.6. The Morgan fingerprint density at radius 1 is 1.75 bits per heavy atom. The van der Waals surface area contributed by atoms with Crippen LogP contribution in [-0.2, 0) is 9.47 Å². The Morgan fingerprint density at radius 3 is 2.38 bits per heavy atom. The summed E-state index contributed by atoms with van der Waals surface area (Å²) in [7, 11) is 1.32. The molecular formula is C3H5KO4. The van der Waals surface area contributed by atoms with Crippen LogP contribution in [-0.4, -0.2) is 20.1 Å². The van der Waals surface area contributed by atoms with E-state index in [1.54, 1.807) is 0 Å². The summed E-state index contributed by atoms with van der Waals surface area (Å²) in [6.07, 6.45) is -1.57. The molecule has 4 nitrogen and oxygen atoms in total. The smallest absolute Gasteiger partial charge is 0.524 e. The van der Waals surface area contributed by atoms with Crippen molar-refractivity contribution in [2.75, 3.05) is 13.9 Å². The van der Waals surface area contributed by atoms with Crippen LogP contribution in [0.5, 0.6) is 0 Å². The quantitative estimate of drug-likeness (QED) is 0.225. The van der Waals surface area contributed by atoms with Gasteiger partial charge < -0.3 is 19.4 Å². The molecule has 0 aliphatic heterocycles. The van der Waals surface area contributed by atoms with E-state index in [0.29, 0.717) is 0 Å². The molecule has 0 heterocycles. The van der Waals surface area contributed by atoms with Crippen molar-refractivity contribution in [1.82, 2.24) is 0 Å². The van der Waals surface area contributed by atoms with Gasteiger partial charge in [0.05, 0.1) is 0 Å². The molecule has 0 unspecified atom stereocenters. The summed E-state index contributed by atoms with van der Waals surface area (Å²) in [4.78, 5) is 9.34. The summed E-state index contributed by atoms with van der Waals surface area (Å²) < 4.78 is 7.98. The summed E-state index contributed by atoms with van der Waals surface area (Å²) in [5, 5.41) is 9.34. The average molecular weight is 144 g/mol. The Hall–Kier alpha value is 0.866. The van der Waals surface area contributed by atoms with Gasteiger partial charge in [0.15, 0.2) is 0 Å². The van der Waals surface area contributed by atoms with Crippen LogP contribution >= 0.6 is 0 Å². The largest absolute Gasteiger partial charge is 1.00 e. The number of methoxy groups -OCH3 is 1. The molecule has 0 atom stereocenters. The Morgan fingerprint density at radius 2 is 2.25 bits per heavy atom. The van der Waals surface area contributed by atoms with Gasteiger partial charge in [-0.25, -0.2) is 0 Å². The molecule has 0 fully saturated rings. The second kappa shape index (κ2) is 7.87. The van der Waals surface area contributed by atoms with Gasteiger partial charge in [0.1, 0.15) is 6.79 Å². The normalized spacial score (nSPS) is 7.12. The van der Waals surface area contributed by atoms with E-state index in [0.717, 1.165) is 0 Å². The number of hydrogen-bond donors (Lipinski definition) is 0. The number of carbonyl (C=O) groups is 1. The standard InChI is InChI=1S/C3H6O4.K/c1-6-2-7-3(4)5;/h2H2,1H3,(H,4,5);/q;+1/p-1. The van der Waals surface area contributed by atoms with E-state index in [9.17, 15) is 9.90 Å². The van der Waals surface area contributed by atoms with Crippen LogP contribution < -0.4 is 56.5 Å². The number of hydrogen-bond acceptors (Lipinski definition) is 4. The van der Waals surface area contributed by atoms with Gasteiger partial charge in [-0.1, -0.05) is 0 Å². The Labute approximate surface area is 89.6 Å². The van der Waals surface area contributed by atoms with Crippen molar-refractivity contribution >= 4 is 6.16 Å². The molecule has 0 rings (SSSR count). The Kier molecular flexibility index (Phi) is 11.4. The fourth-order valence-electron chi connectivity index (χ4n) is 0.107. The second-order valence-corrected chi connectivity index (χ2v) is 0.801. The van der Waals surface area contributed by atoms with Crippen molar-refractivity contribution in [3.05, 3.63) is 0 Å². The zero-order valence-electron chi connectivity index (χ0n) is 4.84. The van der Waals surface area contributed by atoms with Crippen LogP contribution in [0.2, 0.25) is 0 Å². The Bertz CT molecular complexity index is 64.3. The predicted octanol–water partition coefficient (Wildman–Crippen LogP) is -4.05. The maximum Gasteiger partial charge on any atom is 1.00 e. The fraction of sp³-hybridized carbons (Fsp3) is 0.667. The average Bonchev–Trinajstić information content (AvgIpc) is 1.61. The van der Waals surface area contributed by atoms with Crippen LogP contribution in [0.25, 0.3) is 0 Å². The third-order valence-corrected chi connectivity index (χ3v) is 0.295. The van der Waals surface area contributed by atoms with Crippen LogP contribution in [0.15, 0.2) is 0 Å². The topological polar surface area (TPSA) is 58.6 Å². The molecule has 0 N–H and O–H groups in total. The molecule has 0 spiro atoms. The fourth-order valence-corrected chi connectivity index (χ4v) is 0.107. The zero-order chi connectivity index (χ0) is 5.70. The summed E-state index contributed by atoms with van der Waals surface area (Å²) >= 11 is 0. The van der Waals surface area contributed by atoms with E-state index in [1.807, 2.05) is 0 Å². The van der Waals surface area contributed by atoms with Crippen molar-refractivity contribution < 1.29 is 70.8 Å². The molecule has 0 aliphatic rings. The van der Waals surface area contributed by atoms with Crippen LogP contribution in [0.1, 0.15) is 0 Å². The number of carbonyl (C=O) groups excluding carboxylic acids is 1. The van der Waals surface area contributed by atoms with Gasteiger partial charge in [0, 0.05) is 7.11 Å². The second-order valence-electron chi connectivity index (χ2n) is 0.801. The SMILES string of the molecule is COCOC(=O)[O-].[K+]. The number of carboxylic acid groups (broad SMARTS) is 1. The van der Waals surface area contributed by atoms with Crippen molar-refractivity contribution in [3.63, 3.8) is 0 Å². The van der Waals surface area contributed by atoms with Gasteiger partial charge >= 0.3 is 51.4 Å². The summed E-state index contributed by atoms with van der Waals surface area (Å²) in [6.45, 7) is -0.262. The van der Waals surface area contributed by atoms with Crippen LogP contribution in [0.3, 0.4) is 0 Å². The minimum atomic E-state index is -1.57. The third-order valence-electron chi connectivity index (χ3n) is 0.295. The van der Waals surface area contributed by atoms with Crippen LogP contribution in [0, 0.1) is 0 Å². The maximum absolute atomic E-state index is 9.34. The van der Waals surface area contributed by atoms with Gasteiger partial charge in [0.25, 0.3) is 6.16 Å². The first-order valence-corrected chi connectivity index (χ1v) is 1.60.